The first-order chi connectivity index (χ1) is 17.9. The number of ether oxygens (including phenoxy) is 2. The number of carbonyl (C=O) groups is 1. The number of carbonyl (C=O) groups excluding carboxylic acids is 1. The lowest BCUT2D eigenvalue weighted by atomic mass is 9.95. The summed E-state index contributed by atoms with van der Waals surface area (Å²) in [7, 11) is 0. The van der Waals surface area contributed by atoms with Crippen molar-refractivity contribution in [1.82, 2.24) is 14.8 Å². The minimum absolute atomic E-state index is 0.00139. The fourth-order valence-corrected chi connectivity index (χ4v) is 5.08. The minimum Gasteiger partial charge on any atom is -0.395 e. The van der Waals surface area contributed by atoms with Gasteiger partial charge in [-0.3, -0.25) is 9.69 Å². The molecule has 8 nitrogen and oxygen atoms in total. The summed E-state index contributed by atoms with van der Waals surface area (Å²) in [6.07, 6.45) is 0.0533. The maximum Gasteiger partial charge on any atom is 0.586 e. The van der Waals surface area contributed by atoms with Gasteiger partial charge in [-0.2, -0.15) is 0 Å². The lowest BCUT2D eigenvalue weighted by Gasteiger charge is -2.34. The van der Waals surface area contributed by atoms with Gasteiger partial charge in [-0.05, 0) is 35.4 Å². The van der Waals surface area contributed by atoms with E-state index in [1.54, 1.807) is 18.3 Å². The molecule has 0 spiro atoms. The Morgan fingerprint density at radius 2 is 1.86 bits per heavy atom. The van der Waals surface area contributed by atoms with E-state index < -0.39 is 6.29 Å². The zero-order valence-electron chi connectivity index (χ0n) is 20.0. The molecule has 3 N–H and O–H groups in total. The monoisotopic (exact) mass is 508 g/mol. The quantitative estimate of drug-likeness (QED) is 0.487. The van der Waals surface area contributed by atoms with Crippen LogP contribution in [-0.4, -0.2) is 78.0 Å². The van der Waals surface area contributed by atoms with Crippen LogP contribution in [0.1, 0.15) is 21.5 Å². The van der Waals surface area contributed by atoms with Crippen molar-refractivity contribution >= 4 is 23.4 Å². The molecule has 192 valence electrons. The molecule has 10 heteroatoms. The summed E-state index contributed by atoms with van der Waals surface area (Å²) in [4.78, 5) is 20.3. The number of hydrogen-bond acceptors (Lipinski definition) is 6. The minimum atomic E-state index is -3.70. The van der Waals surface area contributed by atoms with Crippen molar-refractivity contribution in [3.05, 3.63) is 65.4 Å². The molecule has 37 heavy (non-hydrogen) atoms. The Balaban J connectivity index is 1.27. The number of halogens is 2. The highest BCUT2D eigenvalue weighted by molar-refractivity contribution is 5.99. The number of hydrogen-bond donors (Lipinski definition) is 3. The van der Waals surface area contributed by atoms with Gasteiger partial charge in [0.25, 0.3) is 5.91 Å². The molecule has 0 atom stereocenters. The Kier molecular flexibility index (Phi) is 5.85. The van der Waals surface area contributed by atoms with E-state index in [1.807, 2.05) is 35.2 Å². The van der Waals surface area contributed by atoms with Crippen LogP contribution in [0.4, 0.5) is 14.6 Å². The summed E-state index contributed by atoms with van der Waals surface area (Å²) in [5, 5.41) is 12.5. The Bertz CT molecular complexity index is 1380. The summed E-state index contributed by atoms with van der Waals surface area (Å²) in [5.41, 5.74) is 4.49. The van der Waals surface area contributed by atoms with E-state index in [-0.39, 0.29) is 24.0 Å². The third kappa shape index (κ3) is 4.42. The van der Waals surface area contributed by atoms with Gasteiger partial charge >= 0.3 is 6.29 Å². The molecule has 1 amide bonds. The second-order valence-corrected chi connectivity index (χ2v) is 9.25. The number of alkyl halides is 2. The molecule has 4 heterocycles. The van der Waals surface area contributed by atoms with Gasteiger partial charge in [0.15, 0.2) is 11.5 Å². The van der Waals surface area contributed by atoms with Gasteiger partial charge in [0, 0.05) is 67.7 Å². The molecule has 0 radical (unpaired) electrons. The third-order valence-electron chi connectivity index (χ3n) is 6.97. The number of fused-ring (bicyclic) bond motifs is 2. The molecule has 0 bridgehead atoms. The van der Waals surface area contributed by atoms with Gasteiger partial charge in [-0.25, -0.2) is 0 Å². The molecule has 3 aliphatic rings. The van der Waals surface area contributed by atoms with Gasteiger partial charge in [-0.15, -0.1) is 8.78 Å². The standard InChI is InChI=1S/C27H26F2N4O4/c28-27(29)36-23-6-2-5-20(24(23)37-27)22-16-31-25-21(22)14-19(15-30-25)17-3-1-4-18(13-17)26(35)33-9-7-32(8-10-33)11-12-34/h1-6,13-14,16,30-31,34H,7-12,15H2. The van der Waals surface area contributed by atoms with Gasteiger partial charge in [0.2, 0.25) is 0 Å². The smallest absolute Gasteiger partial charge is 0.395 e. The number of para-hydroxylation sites is 1. The van der Waals surface area contributed by atoms with Crippen molar-refractivity contribution in [2.24, 2.45) is 0 Å². The number of aliphatic hydroxyl groups excluding tert-OH is 1. The lowest BCUT2D eigenvalue weighted by Crippen LogP contribution is -2.49. The Hall–Kier alpha value is -3.89. The molecule has 1 fully saturated rings. The molecule has 3 aromatic rings. The number of β-amino-alcohol motifs (C(OH)–C–C–N with tert-alkyl or cyclic N) is 1. The number of nitrogens with one attached hydrogen (secondary N) is 2. The molecule has 0 saturated carbocycles. The van der Waals surface area contributed by atoms with Crippen LogP contribution in [0.25, 0.3) is 22.8 Å². The van der Waals surface area contributed by atoms with Gasteiger partial charge < -0.3 is 29.8 Å². The average Bonchev–Trinajstić information content (AvgIpc) is 3.47. The van der Waals surface area contributed by atoms with E-state index >= 15 is 0 Å². The van der Waals surface area contributed by atoms with E-state index in [0.29, 0.717) is 42.9 Å². The predicted molar refractivity (Wildman–Crippen MR) is 135 cm³/mol. The average molecular weight is 509 g/mol. The normalized spacial score (nSPS) is 18.2. The predicted octanol–water partition coefficient (Wildman–Crippen LogP) is 3.72. The first kappa shape index (κ1) is 23.5. The van der Waals surface area contributed by atoms with Crippen molar-refractivity contribution in [3.8, 4) is 22.6 Å². The lowest BCUT2D eigenvalue weighted by molar-refractivity contribution is -0.286. The van der Waals surface area contributed by atoms with Crippen molar-refractivity contribution < 1.29 is 28.2 Å². The number of aromatic amines is 1. The molecule has 2 aromatic carbocycles. The van der Waals surface area contributed by atoms with Crippen LogP contribution in [0, 0.1) is 0 Å². The van der Waals surface area contributed by atoms with Crippen molar-refractivity contribution in [3.63, 3.8) is 0 Å². The number of rotatable bonds is 5. The summed E-state index contributed by atoms with van der Waals surface area (Å²) in [5.74, 6) is 0.751. The van der Waals surface area contributed by atoms with E-state index in [1.165, 1.54) is 6.07 Å². The largest absolute Gasteiger partial charge is 0.586 e. The van der Waals surface area contributed by atoms with E-state index in [0.717, 1.165) is 35.6 Å². The number of aliphatic hydroxyl groups is 1. The molecule has 1 aromatic heterocycles. The van der Waals surface area contributed by atoms with Gasteiger partial charge in [-0.1, -0.05) is 24.3 Å². The van der Waals surface area contributed by atoms with Crippen LogP contribution in [0.3, 0.4) is 0 Å². The third-order valence-corrected chi connectivity index (χ3v) is 6.97. The molecule has 0 aliphatic carbocycles. The second kappa shape index (κ2) is 9.20. The van der Waals surface area contributed by atoms with Crippen LogP contribution < -0.4 is 14.8 Å². The number of H-pyrrole nitrogens is 1. The summed E-state index contributed by atoms with van der Waals surface area (Å²) < 4.78 is 36.9. The van der Waals surface area contributed by atoms with Crippen LogP contribution in [0.5, 0.6) is 11.5 Å². The summed E-state index contributed by atoms with van der Waals surface area (Å²) in [6.45, 7) is 3.99. The number of aromatic nitrogens is 1. The number of anilines is 1. The van der Waals surface area contributed by atoms with E-state index in [9.17, 15) is 13.6 Å². The number of amides is 1. The van der Waals surface area contributed by atoms with E-state index in [4.69, 9.17) is 9.84 Å². The van der Waals surface area contributed by atoms with Crippen LogP contribution in [0.15, 0.2) is 48.7 Å². The molecular weight excluding hydrogens is 482 g/mol. The topological polar surface area (TPSA) is 90.1 Å². The summed E-state index contributed by atoms with van der Waals surface area (Å²) in [6, 6.07) is 12.4. The van der Waals surface area contributed by atoms with E-state index in [2.05, 4.69) is 19.9 Å². The molecule has 3 aliphatic heterocycles. The maximum absolute atomic E-state index is 13.8. The van der Waals surface area contributed by atoms with Crippen LogP contribution in [-0.2, 0) is 0 Å². The Morgan fingerprint density at radius 1 is 1.05 bits per heavy atom. The summed E-state index contributed by atoms with van der Waals surface area (Å²) >= 11 is 0. The van der Waals surface area contributed by atoms with Gasteiger partial charge in [0.1, 0.15) is 5.82 Å². The number of piperazine rings is 1. The van der Waals surface area contributed by atoms with Crippen molar-refractivity contribution in [2.75, 3.05) is 51.2 Å². The zero-order chi connectivity index (χ0) is 25.6. The highest BCUT2D eigenvalue weighted by Gasteiger charge is 2.44. The fraction of sp³-hybridized carbons (Fsp3) is 0.296. The Labute approximate surface area is 212 Å². The highest BCUT2D eigenvalue weighted by Crippen LogP contribution is 2.49. The zero-order valence-corrected chi connectivity index (χ0v) is 20.0. The van der Waals surface area contributed by atoms with Gasteiger partial charge in [0.05, 0.1) is 6.61 Å². The van der Waals surface area contributed by atoms with Crippen molar-refractivity contribution in [1.29, 1.82) is 0 Å². The molecular formula is C27H26F2N4O4. The number of nitrogens with zero attached hydrogens (tertiary/aromatic N) is 2. The first-order valence-electron chi connectivity index (χ1n) is 12.2. The Morgan fingerprint density at radius 3 is 2.68 bits per heavy atom. The van der Waals surface area contributed by atoms with Crippen LogP contribution in [0.2, 0.25) is 0 Å². The second-order valence-electron chi connectivity index (χ2n) is 9.25. The molecule has 0 unspecified atom stereocenters. The number of benzene rings is 2. The first-order valence-corrected chi connectivity index (χ1v) is 12.2. The molecule has 1 saturated heterocycles. The maximum atomic E-state index is 13.8. The molecule has 6 rings (SSSR count). The fourth-order valence-electron chi connectivity index (χ4n) is 5.08. The van der Waals surface area contributed by atoms with Crippen LogP contribution >= 0.6 is 0 Å². The SMILES string of the molecule is O=C(c1cccc(C2=Cc3c(-c4cccc5c4OC(F)(F)O5)c[nH]c3NC2)c1)N1CCN(CCO)CC1. The van der Waals surface area contributed by atoms with Crippen molar-refractivity contribution in [2.45, 2.75) is 6.29 Å². The highest BCUT2D eigenvalue weighted by atomic mass is 19.3.